The molecule has 0 aromatic carbocycles. The Hall–Kier alpha value is -1.25. The Kier molecular flexibility index (Phi) is 0.897. The number of aromatic amines is 1. The highest BCUT2D eigenvalue weighted by Crippen LogP contribution is 2.07. The van der Waals surface area contributed by atoms with Gasteiger partial charge in [0.2, 0.25) is 0 Å². The minimum absolute atomic E-state index is 1.03. The molecule has 10 heavy (non-hydrogen) atoms. The number of nitrogens with one attached hydrogen (secondary N) is 1. The maximum atomic E-state index is 4.21. The molecule has 1 N–H and O–H groups in total. The molecule has 0 saturated carbocycles. The van der Waals surface area contributed by atoms with Crippen molar-refractivity contribution >= 4 is 5.65 Å². The van der Waals surface area contributed by atoms with Crippen LogP contribution in [0.1, 0.15) is 11.3 Å². The second kappa shape index (κ2) is 1.62. The minimum atomic E-state index is 1.03. The molecule has 0 spiro atoms. The van der Waals surface area contributed by atoms with Crippen LogP contribution in [-0.4, -0.2) is 14.6 Å². The van der Waals surface area contributed by atoms with Crippen LogP contribution in [0.3, 0.4) is 0 Å². The summed E-state index contributed by atoms with van der Waals surface area (Å²) in [6, 6.07) is 0. The van der Waals surface area contributed by atoms with Crippen molar-refractivity contribution in [3.63, 3.8) is 0 Å². The molecule has 0 fully saturated rings. The van der Waals surface area contributed by atoms with E-state index in [2.05, 4.69) is 10.1 Å². The molecule has 0 amide bonds. The van der Waals surface area contributed by atoms with Gasteiger partial charge in [-0.2, -0.15) is 0 Å². The molecule has 0 saturated heterocycles. The molecule has 0 aliphatic carbocycles. The summed E-state index contributed by atoms with van der Waals surface area (Å²) in [5.74, 6) is 0. The Morgan fingerprint density at radius 2 is 2.30 bits per heavy atom. The van der Waals surface area contributed by atoms with Gasteiger partial charge in [-0.3, -0.25) is 5.10 Å². The normalized spacial score (nSPS) is 11.0. The number of aryl methyl sites for hydroxylation is 2. The highest BCUT2D eigenvalue weighted by molar-refractivity contribution is 5.46. The highest BCUT2D eigenvalue weighted by Gasteiger charge is 2.00. The smallest absolute Gasteiger partial charge is 0.155 e. The van der Waals surface area contributed by atoms with Crippen molar-refractivity contribution in [3.8, 4) is 0 Å². The molecule has 52 valence electrons. The molecule has 3 heteroatoms. The third-order valence-electron chi connectivity index (χ3n) is 1.70. The van der Waals surface area contributed by atoms with Gasteiger partial charge in [0.05, 0.1) is 11.9 Å². The molecule has 2 aromatic heterocycles. The fraction of sp³-hybridized carbons (Fsp3) is 0.286. The number of fused-ring (bicyclic) bond motifs is 1. The fourth-order valence-electron chi connectivity index (χ4n) is 1.10. The molecule has 0 aliphatic rings. The molecule has 0 unspecified atom stereocenters. The second-order valence-corrected chi connectivity index (χ2v) is 2.52. The lowest BCUT2D eigenvalue weighted by atomic mass is 10.4. The van der Waals surface area contributed by atoms with Crippen LogP contribution in [0.5, 0.6) is 0 Å². The lowest BCUT2D eigenvalue weighted by Gasteiger charge is -1.84. The van der Waals surface area contributed by atoms with E-state index in [0.717, 1.165) is 11.3 Å². The van der Waals surface area contributed by atoms with Gasteiger partial charge in [0.1, 0.15) is 0 Å². The van der Waals surface area contributed by atoms with Gasteiger partial charge in [-0.1, -0.05) is 0 Å². The predicted molar refractivity (Wildman–Crippen MR) is 39.0 cm³/mol. The molecular formula is C7H9N3. The second-order valence-electron chi connectivity index (χ2n) is 2.52. The van der Waals surface area contributed by atoms with Gasteiger partial charge in [0, 0.05) is 11.8 Å². The first-order chi connectivity index (χ1) is 4.79. The van der Waals surface area contributed by atoms with Crippen molar-refractivity contribution in [3.05, 3.63) is 23.7 Å². The van der Waals surface area contributed by atoms with Crippen LogP contribution in [0.4, 0.5) is 0 Å². The standard InChI is InChI=1S/C7H9N3/c1-5-3-9-10-6(2)4-8-7(5)10/h3-4,9H,1-2H3. The van der Waals surface area contributed by atoms with Crippen molar-refractivity contribution in [2.75, 3.05) is 0 Å². The van der Waals surface area contributed by atoms with Crippen LogP contribution in [-0.2, 0) is 0 Å². The van der Waals surface area contributed by atoms with Gasteiger partial charge in [-0.15, -0.1) is 0 Å². The van der Waals surface area contributed by atoms with Crippen LogP contribution in [0.25, 0.3) is 5.65 Å². The topological polar surface area (TPSA) is 33.1 Å². The molecule has 0 atom stereocenters. The summed E-state index contributed by atoms with van der Waals surface area (Å²) in [6.45, 7) is 4.06. The number of H-pyrrole nitrogens is 1. The summed E-state index contributed by atoms with van der Waals surface area (Å²) in [5.41, 5.74) is 3.36. The fourth-order valence-corrected chi connectivity index (χ4v) is 1.10. The average molecular weight is 135 g/mol. The monoisotopic (exact) mass is 135 g/mol. The zero-order valence-corrected chi connectivity index (χ0v) is 6.05. The molecule has 2 rings (SSSR count). The molecule has 2 heterocycles. The summed E-state index contributed by atoms with van der Waals surface area (Å²) in [5, 5.41) is 3.09. The van der Waals surface area contributed by atoms with Gasteiger partial charge < -0.3 is 0 Å². The molecule has 3 nitrogen and oxygen atoms in total. The van der Waals surface area contributed by atoms with Crippen molar-refractivity contribution in [2.45, 2.75) is 13.8 Å². The van der Waals surface area contributed by atoms with E-state index < -0.39 is 0 Å². The summed E-state index contributed by atoms with van der Waals surface area (Å²) >= 11 is 0. The van der Waals surface area contributed by atoms with E-state index >= 15 is 0 Å². The van der Waals surface area contributed by atoms with E-state index in [1.807, 2.05) is 30.8 Å². The van der Waals surface area contributed by atoms with E-state index in [9.17, 15) is 0 Å². The lowest BCUT2D eigenvalue weighted by molar-refractivity contribution is 0.931. The zero-order chi connectivity index (χ0) is 7.14. The number of hydrogen-bond acceptors (Lipinski definition) is 1. The lowest BCUT2D eigenvalue weighted by Crippen LogP contribution is -1.83. The number of nitrogens with zero attached hydrogens (tertiary/aromatic N) is 2. The zero-order valence-electron chi connectivity index (χ0n) is 6.05. The van der Waals surface area contributed by atoms with Crippen molar-refractivity contribution in [2.24, 2.45) is 0 Å². The first-order valence-corrected chi connectivity index (χ1v) is 3.27. The predicted octanol–water partition coefficient (Wildman–Crippen LogP) is 1.28. The first-order valence-electron chi connectivity index (χ1n) is 3.27. The number of rotatable bonds is 0. The van der Waals surface area contributed by atoms with Crippen molar-refractivity contribution < 1.29 is 0 Å². The van der Waals surface area contributed by atoms with E-state index in [0.29, 0.717) is 0 Å². The summed E-state index contributed by atoms with van der Waals surface area (Å²) in [4.78, 5) is 4.21. The molecule has 0 bridgehead atoms. The van der Waals surface area contributed by atoms with Gasteiger partial charge in [-0.05, 0) is 13.8 Å². The van der Waals surface area contributed by atoms with Gasteiger partial charge in [-0.25, -0.2) is 9.50 Å². The summed E-state index contributed by atoms with van der Waals surface area (Å²) in [7, 11) is 0. The van der Waals surface area contributed by atoms with Gasteiger partial charge in [0.25, 0.3) is 0 Å². The third-order valence-corrected chi connectivity index (χ3v) is 1.70. The highest BCUT2D eigenvalue weighted by atomic mass is 15.3. The molecule has 0 aliphatic heterocycles. The Balaban J connectivity index is 2.95. The van der Waals surface area contributed by atoms with E-state index in [1.54, 1.807) is 0 Å². The van der Waals surface area contributed by atoms with Gasteiger partial charge >= 0.3 is 0 Å². The molecule has 2 aromatic rings. The first kappa shape index (κ1) is 5.53. The van der Waals surface area contributed by atoms with Crippen LogP contribution < -0.4 is 0 Å². The van der Waals surface area contributed by atoms with Crippen LogP contribution in [0, 0.1) is 13.8 Å². The summed E-state index contributed by atoms with van der Waals surface area (Å²) in [6.07, 6.45) is 3.81. The quantitative estimate of drug-likeness (QED) is 0.580. The van der Waals surface area contributed by atoms with Crippen LogP contribution in [0.15, 0.2) is 12.4 Å². The van der Waals surface area contributed by atoms with E-state index in [4.69, 9.17) is 0 Å². The molecule has 0 radical (unpaired) electrons. The third kappa shape index (κ3) is 0.518. The maximum absolute atomic E-state index is 4.21. The van der Waals surface area contributed by atoms with Crippen LogP contribution in [0.2, 0.25) is 0 Å². The SMILES string of the molecule is Cc1c[nH]n2c(C)cnc12. The van der Waals surface area contributed by atoms with Crippen molar-refractivity contribution in [1.82, 2.24) is 14.6 Å². The Bertz CT molecular complexity index is 320. The Labute approximate surface area is 58.7 Å². The number of aromatic nitrogens is 3. The Morgan fingerprint density at radius 1 is 1.50 bits per heavy atom. The van der Waals surface area contributed by atoms with E-state index in [1.165, 1.54) is 5.56 Å². The Morgan fingerprint density at radius 3 is 3.00 bits per heavy atom. The van der Waals surface area contributed by atoms with Crippen molar-refractivity contribution in [1.29, 1.82) is 0 Å². The number of hydrogen-bond donors (Lipinski definition) is 1. The van der Waals surface area contributed by atoms with Gasteiger partial charge in [0.15, 0.2) is 5.65 Å². The number of imidazole rings is 1. The largest absolute Gasteiger partial charge is 0.300 e. The molecular weight excluding hydrogens is 126 g/mol. The summed E-state index contributed by atoms with van der Waals surface area (Å²) < 4.78 is 1.97. The van der Waals surface area contributed by atoms with Crippen LogP contribution >= 0.6 is 0 Å². The van der Waals surface area contributed by atoms with E-state index in [-0.39, 0.29) is 0 Å². The minimum Gasteiger partial charge on any atom is -0.300 e. The average Bonchev–Trinajstić information content (AvgIpc) is 2.41. The maximum Gasteiger partial charge on any atom is 0.155 e.